The lowest BCUT2D eigenvalue weighted by Gasteiger charge is -2.25. The number of nitrogens with one attached hydrogen (secondary N) is 1. The first kappa shape index (κ1) is 10.9. The zero-order valence-electron chi connectivity index (χ0n) is 9.36. The van der Waals surface area contributed by atoms with E-state index in [1.807, 2.05) is 6.20 Å². The Morgan fingerprint density at radius 1 is 1.24 bits per heavy atom. The topological polar surface area (TPSA) is 24.9 Å². The second-order valence-corrected chi connectivity index (χ2v) is 5.21. The van der Waals surface area contributed by atoms with Gasteiger partial charge in [0.15, 0.2) is 0 Å². The van der Waals surface area contributed by atoms with Crippen LogP contribution in [0.15, 0.2) is 47.1 Å². The number of halogens is 1. The molecule has 0 saturated carbocycles. The maximum Gasteiger partial charge on any atom is 0.0536 e. The van der Waals surface area contributed by atoms with Crippen LogP contribution in [0.1, 0.15) is 22.7 Å². The van der Waals surface area contributed by atoms with Crippen LogP contribution in [0, 0.1) is 0 Å². The highest BCUT2D eigenvalue weighted by Crippen LogP contribution is 2.29. The van der Waals surface area contributed by atoms with Crippen LogP contribution in [0.25, 0.3) is 0 Å². The van der Waals surface area contributed by atoms with Crippen molar-refractivity contribution in [3.05, 3.63) is 63.9 Å². The van der Waals surface area contributed by atoms with Gasteiger partial charge in [0.1, 0.15) is 0 Å². The van der Waals surface area contributed by atoms with Gasteiger partial charge < -0.3 is 5.32 Å². The van der Waals surface area contributed by atoms with E-state index in [0.717, 1.165) is 17.6 Å². The Labute approximate surface area is 109 Å². The van der Waals surface area contributed by atoms with Crippen molar-refractivity contribution in [3.63, 3.8) is 0 Å². The number of nitrogens with zero attached hydrogens (tertiary/aromatic N) is 1. The van der Waals surface area contributed by atoms with Crippen LogP contribution >= 0.6 is 15.9 Å². The summed E-state index contributed by atoms with van der Waals surface area (Å²) >= 11 is 3.48. The summed E-state index contributed by atoms with van der Waals surface area (Å²) in [5.74, 6) is 0.369. The van der Waals surface area contributed by atoms with Crippen LogP contribution in [0.5, 0.6) is 0 Å². The molecule has 0 aliphatic carbocycles. The Bertz CT molecular complexity index is 525. The summed E-state index contributed by atoms with van der Waals surface area (Å²) in [6.45, 7) is 1.87. The van der Waals surface area contributed by atoms with Gasteiger partial charge in [0.05, 0.1) is 5.69 Å². The molecule has 1 aliphatic rings. The zero-order chi connectivity index (χ0) is 11.7. The molecule has 3 heteroatoms. The van der Waals surface area contributed by atoms with E-state index in [1.54, 1.807) is 0 Å². The number of benzene rings is 1. The van der Waals surface area contributed by atoms with Crippen LogP contribution in [-0.2, 0) is 6.54 Å². The third kappa shape index (κ3) is 2.13. The Hall–Kier alpha value is -1.19. The molecule has 0 radical (unpaired) electrons. The molecule has 1 aliphatic heterocycles. The molecule has 0 fully saturated rings. The number of fused-ring (bicyclic) bond motifs is 1. The average Bonchev–Trinajstić information content (AvgIpc) is 2.39. The van der Waals surface area contributed by atoms with Gasteiger partial charge in [-0.2, -0.15) is 0 Å². The number of rotatable bonds is 1. The van der Waals surface area contributed by atoms with Crippen molar-refractivity contribution < 1.29 is 0 Å². The van der Waals surface area contributed by atoms with E-state index in [0.29, 0.717) is 5.92 Å². The van der Waals surface area contributed by atoms with Crippen molar-refractivity contribution in [1.29, 1.82) is 0 Å². The second-order valence-electron chi connectivity index (χ2n) is 4.29. The summed E-state index contributed by atoms with van der Waals surface area (Å²) in [6.07, 6.45) is 1.89. The second kappa shape index (κ2) is 4.59. The zero-order valence-corrected chi connectivity index (χ0v) is 10.9. The normalized spacial score (nSPS) is 18.8. The maximum absolute atomic E-state index is 4.59. The molecule has 2 heterocycles. The summed E-state index contributed by atoms with van der Waals surface area (Å²) in [5, 5.41) is 3.46. The van der Waals surface area contributed by atoms with Gasteiger partial charge in [-0.25, -0.2) is 0 Å². The average molecular weight is 289 g/mol. The quantitative estimate of drug-likeness (QED) is 0.872. The van der Waals surface area contributed by atoms with Crippen molar-refractivity contribution in [1.82, 2.24) is 10.3 Å². The molecule has 3 rings (SSSR count). The molecule has 1 atom stereocenters. The summed E-state index contributed by atoms with van der Waals surface area (Å²) in [5.41, 5.74) is 3.83. The van der Waals surface area contributed by atoms with E-state index >= 15 is 0 Å². The highest BCUT2D eigenvalue weighted by atomic mass is 79.9. The molecule has 0 spiro atoms. The fourth-order valence-corrected chi connectivity index (χ4v) is 2.73. The van der Waals surface area contributed by atoms with Crippen LogP contribution in [-0.4, -0.2) is 11.5 Å². The number of aromatic nitrogens is 1. The smallest absolute Gasteiger partial charge is 0.0536 e. The molecule has 1 unspecified atom stereocenters. The number of hydrogen-bond donors (Lipinski definition) is 1. The molecular formula is C14H13BrN2. The van der Waals surface area contributed by atoms with Crippen LogP contribution < -0.4 is 5.32 Å². The number of pyridine rings is 1. The fraction of sp³-hybridized carbons (Fsp3) is 0.214. The van der Waals surface area contributed by atoms with Crippen LogP contribution in [0.2, 0.25) is 0 Å². The van der Waals surface area contributed by atoms with Gasteiger partial charge in [0.25, 0.3) is 0 Å². The Morgan fingerprint density at radius 2 is 2.06 bits per heavy atom. The minimum absolute atomic E-state index is 0.369. The molecular weight excluding hydrogens is 276 g/mol. The summed E-state index contributed by atoms with van der Waals surface area (Å²) < 4.78 is 1.05. The molecule has 1 aromatic heterocycles. The standard InChI is InChI=1S/C14H13BrN2/c15-12-6-11-7-16-9-13(14(11)17-8-12)10-4-2-1-3-5-10/h1-6,8,13,16H,7,9H2. The lowest BCUT2D eigenvalue weighted by molar-refractivity contribution is 0.576. The molecule has 86 valence electrons. The summed E-state index contributed by atoms with van der Waals surface area (Å²) in [4.78, 5) is 4.59. The molecule has 2 aromatic rings. The SMILES string of the molecule is Brc1cnc2c(c1)CNCC2c1ccccc1. The van der Waals surface area contributed by atoms with Gasteiger partial charge in [-0.3, -0.25) is 4.98 Å². The molecule has 2 nitrogen and oxygen atoms in total. The molecule has 0 bridgehead atoms. The van der Waals surface area contributed by atoms with E-state index in [9.17, 15) is 0 Å². The highest BCUT2D eigenvalue weighted by molar-refractivity contribution is 9.10. The Balaban J connectivity index is 2.06. The summed E-state index contributed by atoms with van der Waals surface area (Å²) in [7, 11) is 0. The van der Waals surface area contributed by atoms with Crippen molar-refractivity contribution in [2.45, 2.75) is 12.5 Å². The predicted octanol–water partition coefficient (Wildman–Crippen LogP) is 3.08. The van der Waals surface area contributed by atoms with E-state index in [-0.39, 0.29) is 0 Å². The first-order valence-electron chi connectivity index (χ1n) is 5.74. The van der Waals surface area contributed by atoms with E-state index in [2.05, 4.69) is 62.6 Å². The monoisotopic (exact) mass is 288 g/mol. The Morgan fingerprint density at radius 3 is 2.88 bits per heavy atom. The van der Waals surface area contributed by atoms with Gasteiger partial charge in [0, 0.05) is 29.7 Å². The molecule has 17 heavy (non-hydrogen) atoms. The predicted molar refractivity (Wildman–Crippen MR) is 71.9 cm³/mol. The van der Waals surface area contributed by atoms with Gasteiger partial charge in [-0.1, -0.05) is 30.3 Å². The summed E-state index contributed by atoms with van der Waals surface area (Å²) in [6, 6.07) is 12.7. The van der Waals surface area contributed by atoms with E-state index < -0.39 is 0 Å². The van der Waals surface area contributed by atoms with Crippen LogP contribution in [0.3, 0.4) is 0 Å². The fourth-order valence-electron chi connectivity index (χ4n) is 2.36. The maximum atomic E-state index is 4.59. The molecule has 0 saturated heterocycles. The molecule has 1 N–H and O–H groups in total. The van der Waals surface area contributed by atoms with E-state index in [1.165, 1.54) is 16.8 Å². The van der Waals surface area contributed by atoms with Crippen LogP contribution in [0.4, 0.5) is 0 Å². The van der Waals surface area contributed by atoms with E-state index in [4.69, 9.17) is 0 Å². The van der Waals surface area contributed by atoms with Gasteiger partial charge >= 0.3 is 0 Å². The largest absolute Gasteiger partial charge is 0.312 e. The van der Waals surface area contributed by atoms with Crippen molar-refractivity contribution in [2.75, 3.05) is 6.54 Å². The highest BCUT2D eigenvalue weighted by Gasteiger charge is 2.22. The Kier molecular flexibility index (Phi) is 2.95. The van der Waals surface area contributed by atoms with Gasteiger partial charge in [-0.15, -0.1) is 0 Å². The third-order valence-corrected chi connectivity index (χ3v) is 3.60. The minimum Gasteiger partial charge on any atom is -0.312 e. The molecule has 1 aromatic carbocycles. The first-order chi connectivity index (χ1) is 8.34. The minimum atomic E-state index is 0.369. The van der Waals surface area contributed by atoms with Crippen molar-refractivity contribution in [2.24, 2.45) is 0 Å². The van der Waals surface area contributed by atoms with Gasteiger partial charge in [-0.05, 0) is 33.1 Å². The van der Waals surface area contributed by atoms with Crippen molar-refractivity contribution >= 4 is 15.9 Å². The first-order valence-corrected chi connectivity index (χ1v) is 6.54. The third-order valence-electron chi connectivity index (χ3n) is 3.16. The molecule has 0 amide bonds. The van der Waals surface area contributed by atoms with Gasteiger partial charge in [0.2, 0.25) is 0 Å². The lowest BCUT2D eigenvalue weighted by Crippen LogP contribution is -2.29. The van der Waals surface area contributed by atoms with Crippen molar-refractivity contribution in [3.8, 4) is 0 Å². The number of hydrogen-bond acceptors (Lipinski definition) is 2. The lowest BCUT2D eigenvalue weighted by atomic mass is 9.90.